The van der Waals surface area contributed by atoms with Crippen molar-refractivity contribution in [3.63, 3.8) is 0 Å². The maximum Gasteiger partial charge on any atom is 0.322 e. The Balaban J connectivity index is 2.65. The molecule has 2 N–H and O–H groups in total. The van der Waals surface area contributed by atoms with Gasteiger partial charge in [-0.2, -0.15) is 0 Å². The summed E-state index contributed by atoms with van der Waals surface area (Å²) in [6, 6.07) is 5.02. The standard InChI is InChI=1S/C9H8FNO3/c10-7-3-1-2-6(4-7)9(14)11-5-8(12)13/h1-4H,5H2,(H,11,14)(H,12,13). The van der Waals surface area contributed by atoms with Gasteiger partial charge in [0.05, 0.1) is 0 Å². The van der Waals surface area contributed by atoms with E-state index in [-0.39, 0.29) is 5.56 Å². The molecule has 0 aliphatic heterocycles. The topological polar surface area (TPSA) is 66.4 Å². The third kappa shape index (κ3) is 2.85. The molecular formula is C9H8FNO3. The van der Waals surface area contributed by atoms with E-state index in [4.69, 9.17) is 5.11 Å². The minimum absolute atomic E-state index is 0.103. The lowest BCUT2D eigenvalue weighted by molar-refractivity contribution is -0.135. The summed E-state index contributed by atoms with van der Waals surface area (Å²) in [6.45, 7) is -0.477. The zero-order valence-electron chi connectivity index (χ0n) is 7.16. The maximum absolute atomic E-state index is 12.6. The molecule has 1 rings (SSSR count). The highest BCUT2D eigenvalue weighted by Crippen LogP contribution is 2.02. The van der Waals surface area contributed by atoms with Crippen molar-refractivity contribution in [1.29, 1.82) is 0 Å². The fourth-order valence-corrected chi connectivity index (χ4v) is 0.888. The minimum Gasteiger partial charge on any atom is -0.480 e. The fourth-order valence-electron chi connectivity index (χ4n) is 0.888. The first kappa shape index (κ1) is 10.2. The number of carbonyl (C=O) groups is 2. The second-order valence-electron chi connectivity index (χ2n) is 2.59. The van der Waals surface area contributed by atoms with Crippen molar-refractivity contribution in [2.75, 3.05) is 6.54 Å². The summed E-state index contributed by atoms with van der Waals surface area (Å²) in [4.78, 5) is 21.3. The lowest BCUT2D eigenvalue weighted by Crippen LogP contribution is -2.29. The average molecular weight is 197 g/mol. The number of nitrogens with one attached hydrogen (secondary N) is 1. The smallest absolute Gasteiger partial charge is 0.322 e. The van der Waals surface area contributed by atoms with Crippen LogP contribution in [-0.2, 0) is 4.79 Å². The summed E-state index contributed by atoms with van der Waals surface area (Å²) in [5.74, 6) is -2.28. The number of carbonyl (C=O) groups excluding carboxylic acids is 1. The molecule has 5 heteroatoms. The largest absolute Gasteiger partial charge is 0.480 e. The normalized spacial score (nSPS) is 9.50. The predicted octanol–water partition coefficient (Wildman–Crippen LogP) is 0.640. The Morgan fingerprint density at radius 1 is 1.43 bits per heavy atom. The molecule has 1 aromatic rings. The van der Waals surface area contributed by atoms with Gasteiger partial charge in [-0.3, -0.25) is 9.59 Å². The zero-order chi connectivity index (χ0) is 10.6. The highest BCUT2D eigenvalue weighted by atomic mass is 19.1. The number of carboxylic acid groups (broad SMARTS) is 1. The highest BCUT2D eigenvalue weighted by molar-refractivity contribution is 5.95. The van der Waals surface area contributed by atoms with Crippen molar-refractivity contribution in [3.8, 4) is 0 Å². The van der Waals surface area contributed by atoms with E-state index >= 15 is 0 Å². The molecule has 0 aliphatic rings. The Morgan fingerprint density at radius 2 is 2.14 bits per heavy atom. The van der Waals surface area contributed by atoms with E-state index < -0.39 is 24.2 Å². The molecule has 0 fully saturated rings. The number of aliphatic carboxylic acids is 1. The molecule has 0 saturated carbocycles. The summed E-state index contributed by atoms with van der Waals surface area (Å²) >= 11 is 0. The second kappa shape index (κ2) is 4.36. The van der Waals surface area contributed by atoms with E-state index in [0.717, 1.165) is 6.07 Å². The Hall–Kier alpha value is -1.91. The van der Waals surface area contributed by atoms with Gasteiger partial charge in [-0.25, -0.2) is 4.39 Å². The average Bonchev–Trinajstić information content (AvgIpc) is 2.14. The molecule has 1 amide bonds. The number of carboxylic acids is 1. The van der Waals surface area contributed by atoms with Crippen molar-refractivity contribution < 1.29 is 19.1 Å². The van der Waals surface area contributed by atoms with Crippen molar-refractivity contribution in [2.24, 2.45) is 0 Å². The Bertz CT molecular complexity index is 365. The summed E-state index contributed by atoms with van der Waals surface area (Å²) < 4.78 is 12.6. The molecule has 0 aromatic heterocycles. The monoisotopic (exact) mass is 197 g/mol. The van der Waals surface area contributed by atoms with Gasteiger partial charge in [0.25, 0.3) is 5.91 Å². The van der Waals surface area contributed by atoms with Crippen LogP contribution in [0.5, 0.6) is 0 Å². The third-order valence-corrected chi connectivity index (χ3v) is 1.49. The second-order valence-corrected chi connectivity index (χ2v) is 2.59. The highest BCUT2D eigenvalue weighted by Gasteiger charge is 2.06. The van der Waals surface area contributed by atoms with Crippen LogP contribution in [0.4, 0.5) is 4.39 Å². The van der Waals surface area contributed by atoms with Gasteiger partial charge in [0.15, 0.2) is 0 Å². The number of benzene rings is 1. The fraction of sp³-hybridized carbons (Fsp3) is 0.111. The molecule has 1 aromatic carbocycles. The van der Waals surface area contributed by atoms with Crippen LogP contribution in [0.25, 0.3) is 0 Å². The number of amides is 1. The van der Waals surface area contributed by atoms with Crippen LogP contribution < -0.4 is 5.32 Å². The number of hydrogen-bond donors (Lipinski definition) is 2. The molecule has 0 saturated heterocycles. The maximum atomic E-state index is 12.6. The van der Waals surface area contributed by atoms with Gasteiger partial charge >= 0.3 is 5.97 Å². The van der Waals surface area contributed by atoms with E-state index in [1.165, 1.54) is 18.2 Å². The lowest BCUT2D eigenvalue weighted by atomic mass is 10.2. The van der Waals surface area contributed by atoms with Gasteiger partial charge in [-0.05, 0) is 18.2 Å². The third-order valence-electron chi connectivity index (χ3n) is 1.49. The molecule has 0 atom stereocenters. The van der Waals surface area contributed by atoms with Gasteiger partial charge in [0.2, 0.25) is 0 Å². The molecule has 0 heterocycles. The Morgan fingerprint density at radius 3 is 2.71 bits per heavy atom. The quantitative estimate of drug-likeness (QED) is 0.747. The number of hydrogen-bond acceptors (Lipinski definition) is 2. The van der Waals surface area contributed by atoms with E-state index in [1.54, 1.807) is 0 Å². The van der Waals surface area contributed by atoms with E-state index in [2.05, 4.69) is 5.32 Å². The van der Waals surface area contributed by atoms with Crippen LogP contribution in [0.1, 0.15) is 10.4 Å². The van der Waals surface area contributed by atoms with Crippen LogP contribution in [0.2, 0.25) is 0 Å². The zero-order valence-corrected chi connectivity index (χ0v) is 7.16. The predicted molar refractivity (Wildman–Crippen MR) is 46.4 cm³/mol. The first-order valence-electron chi connectivity index (χ1n) is 3.85. The van der Waals surface area contributed by atoms with Crippen LogP contribution >= 0.6 is 0 Å². The van der Waals surface area contributed by atoms with Crippen LogP contribution in [0.15, 0.2) is 24.3 Å². The first-order valence-corrected chi connectivity index (χ1v) is 3.85. The number of halogens is 1. The van der Waals surface area contributed by atoms with Crippen LogP contribution in [0, 0.1) is 5.82 Å². The van der Waals surface area contributed by atoms with Crippen LogP contribution in [0.3, 0.4) is 0 Å². The number of rotatable bonds is 3. The first-order chi connectivity index (χ1) is 6.59. The van der Waals surface area contributed by atoms with Gasteiger partial charge < -0.3 is 10.4 Å². The van der Waals surface area contributed by atoms with Crippen molar-refractivity contribution >= 4 is 11.9 Å². The van der Waals surface area contributed by atoms with Crippen molar-refractivity contribution in [2.45, 2.75) is 0 Å². The minimum atomic E-state index is -1.14. The molecule has 0 bridgehead atoms. The van der Waals surface area contributed by atoms with Gasteiger partial charge in [0.1, 0.15) is 12.4 Å². The van der Waals surface area contributed by atoms with Gasteiger partial charge in [0, 0.05) is 5.56 Å². The summed E-state index contributed by atoms with van der Waals surface area (Å²) in [5, 5.41) is 10.4. The molecule has 0 unspecified atom stereocenters. The van der Waals surface area contributed by atoms with Crippen molar-refractivity contribution in [3.05, 3.63) is 35.6 Å². The van der Waals surface area contributed by atoms with E-state index in [0.29, 0.717) is 0 Å². The molecule has 0 spiro atoms. The Labute approximate surface area is 79.4 Å². The van der Waals surface area contributed by atoms with Gasteiger partial charge in [-0.1, -0.05) is 6.07 Å². The van der Waals surface area contributed by atoms with Crippen LogP contribution in [-0.4, -0.2) is 23.5 Å². The Kier molecular flexibility index (Phi) is 3.17. The van der Waals surface area contributed by atoms with E-state index in [9.17, 15) is 14.0 Å². The van der Waals surface area contributed by atoms with E-state index in [1.807, 2.05) is 0 Å². The summed E-state index contributed by atoms with van der Waals surface area (Å²) in [6.07, 6.45) is 0. The molecule has 0 radical (unpaired) electrons. The SMILES string of the molecule is O=C(O)CNC(=O)c1cccc(F)c1. The van der Waals surface area contributed by atoms with Gasteiger partial charge in [-0.15, -0.1) is 0 Å². The summed E-state index contributed by atoms with van der Waals surface area (Å²) in [7, 11) is 0. The molecule has 0 aliphatic carbocycles. The molecular weight excluding hydrogens is 189 g/mol. The molecule has 14 heavy (non-hydrogen) atoms. The van der Waals surface area contributed by atoms with Crippen molar-refractivity contribution in [1.82, 2.24) is 5.32 Å². The lowest BCUT2D eigenvalue weighted by Gasteiger charge is -2.01. The molecule has 4 nitrogen and oxygen atoms in total. The molecule has 74 valence electrons. The summed E-state index contributed by atoms with van der Waals surface area (Å²) in [5.41, 5.74) is 0.103.